The molecular formula is C20H30ClN3OSi. The quantitative estimate of drug-likeness (QED) is 0.534. The molecule has 1 aromatic heterocycles. The lowest BCUT2D eigenvalue weighted by molar-refractivity contribution is 0.0838. The van der Waals surface area contributed by atoms with Gasteiger partial charge in [0.1, 0.15) is 12.6 Å². The van der Waals surface area contributed by atoms with Crippen LogP contribution in [0.3, 0.4) is 0 Å². The van der Waals surface area contributed by atoms with Crippen molar-refractivity contribution in [2.24, 2.45) is 0 Å². The lowest BCUT2D eigenvalue weighted by Gasteiger charge is -2.23. The van der Waals surface area contributed by atoms with Crippen LogP contribution in [-0.2, 0) is 11.5 Å². The monoisotopic (exact) mass is 391 g/mol. The Morgan fingerprint density at radius 3 is 2.73 bits per heavy atom. The maximum atomic E-state index is 6.17. The molecule has 1 aliphatic heterocycles. The third-order valence-corrected chi connectivity index (χ3v) is 6.80. The molecule has 4 nitrogen and oxygen atoms in total. The van der Waals surface area contributed by atoms with E-state index >= 15 is 0 Å². The topological polar surface area (TPSA) is 39.1 Å². The number of benzene rings is 1. The van der Waals surface area contributed by atoms with Gasteiger partial charge >= 0.3 is 0 Å². The summed E-state index contributed by atoms with van der Waals surface area (Å²) in [6.45, 7) is 10.7. The highest BCUT2D eigenvalue weighted by atomic mass is 35.5. The lowest BCUT2D eigenvalue weighted by atomic mass is 9.97. The van der Waals surface area contributed by atoms with Gasteiger partial charge in [-0.25, -0.2) is 4.98 Å². The fraction of sp³-hybridized carbons (Fsp3) is 0.550. The number of piperidine rings is 1. The van der Waals surface area contributed by atoms with E-state index < -0.39 is 8.07 Å². The Kier molecular flexibility index (Phi) is 6.56. The number of imidazole rings is 1. The number of nitrogens with zero attached hydrogens (tertiary/aromatic N) is 2. The Labute approximate surface area is 162 Å². The van der Waals surface area contributed by atoms with E-state index in [2.05, 4.69) is 41.8 Å². The van der Waals surface area contributed by atoms with E-state index in [0.717, 1.165) is 54.6 Å². The molecule has 0 amide bonds. The average Bonchev–Trinajstić information content (AvgIpc) is 3.03. The molecule has 0 unspecified atom stereocenters. The Balaban J connectivity index is 1.78. The van der Waals surface area contributed by atoms with E-state index in [1.165, 1.54) is 6.04 Å². The SMILES string of the molecule is C[Si](C)(C)CCOCn1cc(-c2cccc(Cl)c2)nc1C1CCNCC1. The maximum Gasteiger partial charge on any atom is 0.124 e. The molecule has 1 N–H and O–H groups in total. The fourth-order valence-electron chi connectivity index (χ4n) is 3.27. The zero-order valence-electron chi connectivity index (χ0n) is 16.1. The van der Waals surface area contributed by atoms with Gasteiger partial charge in [-0.15, -0.1) is 0 Å². The number of hydrogen-bond acceptors (Lipinski definition) is 3. The highest BCUT2D eigenvalue weighted by molar-refractivity contribution is 6.76. The van der Waals surface area contributed by atoms with Crippen molar-refractivity contribution in [3.05, 3.63) is 41.3 Å². The van der Waals surface area contributed by atoms with Crippen molar-refractivity contribution >= 4 is 19.7 Å². The summed E-state index contributed by atoms with van der Waals surface area (Å²) >= 11 is 6.17. The summed E-state index contributed by atoms with van der Waals surface area (Å²) in [6, 6.07) is 9.11. The minimum Gasteiger partial charge on any atom is -0.361 e. The zero-order valence-corrected chi connectivity index (χ0v) is 17.9. The van der Waals surface area contributed by atoms with Crippen LogP contribution < -0.4 is 5.32 Å². The molecule has 0 bridgehead atoms. The number of ether oxygens (including phenoxy) is 1. The summed E-state index contributed by atoms with van der Waals surface area (Å²) in [5.74, 6) is 1.64. The van der Waals surface area contributed by atoms with Crippen molar-refractivity contribution in [3.8, 4) is 11.3 Å². The summed E-state index contributed by atoms with van der Waals surface area (Å²) < 4.78 is 8.22. The molecule has 2 aromatic rings. The predicted molar refractivity (Wildman–Crippen MR) is 112 cm³/mol. The van der Waals surface area contributed by atoms with Crippen LogP contribution in [0.25, 0.3) is 11.3 Å². The standard InChI is InChI=1S/C20H30ClN3OSi/c1-26(2,3)12-11-25-15-24-14-19(17-5-4-6-18(21)13-17)23-20(24)16-7-9-22-10-8-16/h4-6,13-14,16,22H,7-12,15H2,1-3H3. The summed E-state index contributed by atoms with van der Waals surface area (Å²) in [5.41, 5.74) is 2.04. The first-order valence-corrected chi connectivity index (χ1v) is 13.6. The van der Waals surface area contributed by atoms with Crippen molar-refractivity contribution in [3.63, 3.8) is 0 Å². The van der Waals surface area contributed by atoms with Crippen LogP contribution >= 0.6 is 11.6 Å². The molecule has 142 valence electrons. The van der Waals surface area contributed by atoms with Gasteiger partial charge in [-0.1, -0.05) is 43.4 Å². The first-order valence-electron chi connectivity index (χ1n) is 9.54. The molecule has 1 aliphatic rings. The Morgan fingerprint density at radius 1 is 1.27 bits per heavy atom. The first-order chi connectivity index (χ1) is 12.4. The van der Waals surface area contributed by atoms with Crippen LogP contribution in [0.1, 0.15) is 24.6 Å². The van der Waals surface area contributed by atoms with E-state index in [1.807, 2.05) is 18.2 Å². The molecule has 2 heterocycles. The molecular weight excluding hydrogens is 362 g/mol. The Hall–Kier alpha value is -1.14. The Bertz CT molecular complexity index is 720. The largest absolute Gasteiger partial charge is 0.361 e. The molecule has 26 heavy (non-hydrogen) atoms. The second-order valence-corrected chi connectivity index (χ2v) is 14.4. The molecule has 1 aromatic carbocycles. The minimum absolute atomic E-state index is 0.491. The fourth-order valence-corrected chi connectivity index (χ4v) is 4.21. The van der Waals surface area contributed by atoms with Crippen LogP contribution in [0.4, 0.5) is 0 Å². The maximum absolute atomic E-state index is 6.17. The molecule has 0 aliphatic carbocycles. The van der Waals surface area contributed by atoms with E-state index in [-0.39, 0.29) is 0 Å². The third kappa shape index (κ3) is 5.43. The number of halogens is 1. The number of aromatic nitrogens is 2. The van der Waals surface area contributed by atoms with Crippen LogP contribution in [0, 0.1) is 0 Å². The van der Waals surface area contributed by atoms with Crippen LogP contribution in [0.5, 0.6) is 0 Å². The summed E-state index contributed by atoms with van der Waals surface area (Å²) in [7, 11) is -1.07. The van der Waals surface area contributed by atoms with E-state index in [0.29, 0.717) is 12.6 Å². The third-order valence-electron chi connectivity index (χ3n) is 4.86. The Morgan fingerprint density at radius 2 is 2.04 bits per heavy atom. The van der Waals surface area contributed by atoms with Crippen LogP contribution in [-0.4, -0.2) is 37.3 Å². The molecule has 3 rings (SSSR count). The van der Waals surface area contributed by atoms with Gasteiger partial charge in [0.25, 0.3) is 0 Å². The average molecular weight is 392 g/mol. The van der Waals surface area contributed by atoms with Crippen molar-refractivity contribution in [2.45, 2.75) is 51.2 Å². The number of rotatable bonds is 7. The number of hydrogen-bond donors (Lipinski definition) is 1. The predicted octanol–water partition coefficient (Wildman–Crippen LogP) is 4.98. The molecule has 0 atom stereocenters. The van der Waals surface area contributed by atoms with E-state index in [1.54, 1.807) is 0 Å². The van der Waals surface area contributed by atoms with Gasteiger partial charge in [0.2, 0.25) is 0 Å². The highest BCUT2D eigenvalue weighted by Gasteiger charge is 2.22. The van der Waals surface area contributed by atoms with Crippen molar-refractivity contribution < 1.29 is 4.74 Å². The molecule has 1 fully saturated rings. The van der Waals surface area contributed by atoms with Crippen molar-refractivity contribution in [1.82, 2.24) is 14.9 Å². The van der Waals surface area contributed by atoms with Gasteiger partial charge in [0.15, 0.2) is 0 Å². The van der Waals surface area contributed by atoms with Gasteiger partial charge in [-0.3, -0.25) is 0 Å². The molecule has 0 radical (unpaired) electrons. The molecule has 0 spiro atoms. The summed E-state index contributed by atoms with van der Waals surface area (Å²) in [5, 5.41) is 4.18. The molecule has 0 saturated carbocycles. The smallest absolute Gasteiger partial charge is 0.124 e. The van der Waals surface area contributed by atoms with Gasteiger partial charge < -0.3 is 14.6 Å². The second kappa shape index (κ2) is 8.70. The van der Waals surface area contributed by atoms with Crippen molar-refractivity contribution in [1.29, 1.82) is 0 Å². The summed E-state index contributed by atoms with van der Waals surface area (Å²) in [6.07, 6.45) is 4.37. The first kappa shape index (κ1) is 19.6. The van der Waals surface area contributed by atoms with Gasteiger partial charge in [0, 0.05) is 37.4 Å². The van der Waals surface area contributed by atoms with Crippen LogP contribution in [0.2, 0.25) is 30.7 Å². The van der Waals surface area contributed by atoms with Gasteiger partial charge in [-0.05, 0) is 44.1 Å². The van der Waals surface area contributed by atoms with Gasteiger partial charge in [-0.2, -0.15) is 0 Å². The van der Waals surface area contributed by atoms with Crippen LogP contribution in [0.15, 0.2) is 30.5 Å². The summed E-state index contributed by atoms with van der Waals surface area (Å²) in [4.78, 5) is 4.98. The lowest BCUT2D eigenvalue weighted by Crippen LogP contribution is -2.28. The second-order valence-electron chi connectivity index (χ2n) is 8.34. The zero-order chi connectivity index (χ0) is 18.6. The van der Waals surface area contributed by atoms with Gasteiger partial charge in [0.05, 0.1) is 5.69 Å². The minimum atomic E-state index is -1.07. The van der Waals surface area contributed by atoms with E-state index in [4.69, 9.17) is 21.3 Å². The highest BCUT2D eigenvalue weighted by Crippen LogP contribution is 2.29. The number of nitrogens with one attached hydrogen (secondary N) is 1. The molecule has 1 saturated heterocycles. The normalized spacial score (nSPS) is 16.2. The van der Waals surface area contributed by atoms with E-state index in [9.17, 15) is 0 Å². The molecule has 6 heteroatoms. The van der Waals surface area contributed by atoms with Crippen molar-refractivity contribution in [2.75, 3.05) is 19.7 Å².